The van der Waals surface area contributed by atoms with Crippen molar-refractivity contribution in [3.8, 4) is 0 Å². The van der Waals surface area contributed by atoms with Gasteiger partial charge in [0, 0.05) is 6.04 Å². The van der Waals surface area contributed by atoms with Gasteiger partial charge in [-0.2, -0.15) is 0 Å². The maximum atomic E-state index is 13.8. The fourth-order valence-electron chi connectivity index (χ4n) is 3.14. The van der Waals surface area contributed by atoms with E-state index in [1.165, 1.54) is 25.3 Å². The number of nitrogens with one attached hydrogen (secondary N) is 1. The van der Waals surface area contributed by atoms with Crippen LogP contribution in [0.15, 0.2) is 18.2 Å². The van der Waals surface area contributed by atoms with E-state index >= 15 is 0 Å². The molecule has 1 fully saturated rings. The van der Waals surface area contributed by atoms with Gasteiger partial charge >= 0.3 is 0 Å². The topological polar surface area (TPSA) is 12.0 Å². The van der Waals surface area contributed by atoms with Crippen molar-refractivity contribution in [3.05, 3.63) is 29.0 Å². The first-order valence-electron chi connectivity index (χ1n) is 7.26. The highest BCUT2D eigenvalue weighted by molar-refractivity contribution is 6.33. The summed E-state index contributed by atoms with van der Waals surface area (Å²) in [5, 5.41) is 3.79. The maximum absolute atomic E-state index is 13.8. The minimum atomic E-state index is -0.251. The number of para-hydroxylation sites is 1. The monoisotopic (exact) mass is 283 g/mol. The first-order valence-corrected chi connectivity index (χ1v) is 7.64. The molecule has 19 heavy (non-hydrogen) atoms. The third-order valence-electron chi connectivity index (χ3n) is 3.90. The van der Waals surface area contributed by atoms with Gasteiger partial charge in [0.25, 0.3) is 0 Å². The van der Waals surface area contributed by atoms with Gasteiger partial charge in [0.2, 0.25) is 0 Å². The molecule has 0 radical (unpaired) electrons. The largest absolute Gasteiger partial charge is 0.379 e. The van der Waals surface area contributed by atoms with Crippen molar-refractivity contribution in [2.24, 2.45) is 11.8 Å². The summed E-state index contributed by atoms with van der Waals surface area (Å²) in [5.74, 6) is 1.25. The Hall–Kier alpha value is -0.760. The van der Waals surface area contributed by atoms with E-state index in [9.17, 15) is 4.39 Å². The first kappa shape index (κ1) is 14.6. The third kappa shape index (κ3) is 4.10. The lowest BCUT2D eigenvalue weighted by molar-refractivity contribution is 0.288. The van der Waals surface area contributed by atoms with Gasteiger partial charge in [-0.1, -0.05) is 44.4 Å². The Labute approximate surface area is 120 Å². The lowest BCUT2D eigenvalue weighted by Gasteiger charge is -2.31. The second kappa shape index (κ2) is 6.60. The van der Waals surface area contributed by atoms with Crippen molar-refractivity contribution in [2.45, 2.75) is 52.0 Å². The fraction of sp³-hybridized carbons (Fsp3) is 0.625. The predicted molar refractivity (Wildman–Crippen MR) is 80.2 cm³/mol. The molecule has 1 aliphatic rings. The number of benzene rings is 1. The molecule has 2 atom stereocenters. The molecule has 1 aromatic carbocycles. The highest BCUT2D eigenvalue weighted by Crippen LogP contribution is 2.33. The Bertz CT molecular complexity index is 399. The third-order valence-corrected chi connectivity index (χ3v) is 4.21. The fourth-order valence-corrected chi connectivity index (χ4v) is 3.36. The second-order valence-electron chi connectivity index (χ2n) is 6.10. The minimum Gasteiger partial charge on any atom is -0.379 e. The summed E-state index contributed by atoms with van der Waals surface area (Å²) in [4.78, 5) is 0. The van der Waals surface area contributed by atoms with Crippen LogP contribution in [0.5, 0.6) is 0 Å². The molecule has 106 valence electrons. The van der Waals surface area contributed by atoms with E-state index in [4.69, 9.17) is 11.6 Å². The molecule has 0 spiro atoms. The van der Waals surface area contributed by atoms with Crippen LogP contribution in [0.3, 0.4) is 0 Å². The molecule has 0 amide bonds. The standard InChI is InChI=1S/C16H23ClFN/c1-11(2)9-12-5-3-6-13(10-12)19-16-14(17)7-4-8-15(16)18/h4,7-8,11-13,19H,3,5-6,9-10H2,1-2H3. The van der Waals surface area contributed by atoms with Crippen LogP contribution in [0, 0.1) is 17.7 Å². The van der Waals surface area contributed by atoms with Gasteiger partial charge in [-0.3, -0.25) is 0 Å². The van der Waals surface area contributed by atoms with Crippen molar-refractivity contribution in [3.63, 3.8) is 0 Å². The van der Waals surface area contributed by atoms with E-state index in [2.05, 4.69) is 19.2 Å². The van der Waals surface area contributed by atoms with Crippen molar-refractivity contribution in [2.75, 3.05) is 5.32 Å². The summed E-state index contributed by atoms with van der Waals surface area (Å²) in [6.45, 7) is 4.54. The van der Waals surface area contributed by atoms with Gasteiger partial charge < -0.3 is 5.32 Å². The van der Waals surface area contributed by atoms with E-state index in [0.29, 0.717) is 16.8 Å². The van der Waals surface area contributed by atoms with Crippen molar-refractivity contribution >= 4 is 17.3 Å². The quantitative estimate of drug-likeness (QED) is 0.770. The summed E-state index contributed by atoms with van der Waals surface area (Å²) in [6.07, 6.45) is 6.04. The summed E-state index contributed by atoms with van der Waals surface area (Å²) in [5.41, 5.74) is 0.472. The molecule has 1 nitrogen and oxygen atoms in total. The van der Waals surface area contributed by atoms with Crippen LogP contribution >= 0.6 is 11.6 Å². The first-order chi connectivity index (χ1) is 9.06. The van der Waals surface area contributed by atoms with E-state index in [1.807, 2.05) is 0 Å². The van der Waals surface area contributed by atoms with Crippen molar-refractivity contribution in [1.29, 1.82) is 0 Å². The van der Waals surface area contributed by atoms with Crippen LogP contribution in [-0.2, 0) is 0 Å². The average Bonchev–Trinajstić information content (AvgIpc) is 2.34. The lowest BCUT2D eigenvalue weighted by atomic mass is 9.81. The molecular formula is C16H23ClFN. The molecule has 0 aliphatic heterocycles. The zero-order valence-corrected chi connectivity index (χ0v) is 12.5. The molecular weight excluding hydrogens is 261 g/mol. The van der Waals surface area contributed by atoms with Crippen molar-refractivity contribution < 1.29 is 4.39 Å². The van der Waals surface area contributed by atoms with Crippen LogP contribution in [0.2, 0.25) is 5.02 Å². The molecule has 0 bridgehead atoms. The second-order valence-corrected chi connectivity index (χ2v) is 6.51. The van der Waals surface area contributed by atoms with Gasteiger partial charge in [0.1, 0.15) is 5.82 Å². The smallest absolute Gasteiger partial charge is 0.147 e. The number of hydrogen-bond donors (Lipinski definition) is 1. The number of hydrogen-bond acceptors (Lipinski definition) is 1. The van der Waals surface area contributed by atoms with E-state index in [-0.39, 0.29) is 5.82 Å². The molecule has 0 heterocycles. The van der Waals surface area contributed by atoms with E-state index < -0.39 is 0 Å². The molecule has 3 heteroatoms. The molecule has 1 aliphatic carbocycles. The Kier molecular flexibility index (Phi) is 5.09. The summed E-state index contributed by atoms with van der Waals surface area (Å²) in [6, 6.07) is 5.20. The summed E-state index contributed by atoms with van der Waals surface area (Å²) < 4.78 is 13.8. The van der Waals surface area contributed by atoms with E-state index in [0.717, 1.165) is 24.7 Å². The average molecular weight is 284 g/mol. The Morgan fingerprint density at radius 1 is 1.37 bits per heavy atom. The van der Waals surface area contributed by atoms with Crippen LogP contribution in [0.25, 0.3) is 0 Å². The number of halogens is 2. The van der Waals surface area contributed by atoms with Crippen LogP contribution in [0.1, 0.15) is 46.0 Å². The summed E-state index contributed by atoms with van der Waals surface area (Å²) in [7, 11) is 0. The summed E-state index contributed by atoms with van der Waals surface area (Å²) >= 11 is 6.07. The Balaban J connectivity index is 1.99. The van der Waals surface area contributed by atoms with Gasteiger partial charge in [0.15, 0.2) is 0 Å². The van der Waals surface area contributed by atoms with Gasteiger partial charge in [0.05, 0.1) is 10.7 Å². The molecule has 1 saturated carbocycles. The Morgan fingerprint density at radius 3 is 2.84 bits per heavy atom. The molecule has 0 saturated heterocycles. The van der Waals surface area contributed by atoms with Crippen LogP contribution < -0.4 is 5.32 Å². The molecule has 2 rings (SSSR count). The van der Waals surface area contributed by atoms with Crippen LogP contribution in [-0.4, -0.2) is 6.04 Å². The molecule has 0 aromatic heterocycles. The van der Waals surface area contributed by atoms with Gasteiger partial charge in [-0.25, -0.2) is 4.39 Å². The van der Waals surface area contributed by atoms with E-state index in [1.54, 1.807) is 12.1 Å². The predicted octanol–water partition coefficient (Wildman–Crippen LogP) is 5.50. The highest BCUT2D eigenvalue weighted by Gasteiger charge is 2.23. The lowest BCUT2D eigenvalue weighted by Crippen LogP contribution is -2.28. The zero-order chi connectivity index (χ0) is 13.8. The highest BCUT2D eigenvalue weighted by atomic mass is 35.5. The molecule has 2 unspecified atom stereocenters. The van der Waals surface area contributed by atoms with Crippen molar-refractivity contribution in [1.82, 2.24) is 0 Å². The zero-order valence-electron chi connectivity index (χ0n) is 11.8. The Morgan fingerprint density at radius 2 is 2.16 bits per heavy atom. The normalized spacial score (nSPS) is 23.6. The number of rotatable bonds is 4. The molecule has 1 aromatic rings. The van der Waals surface area contributed by atoms with Gasteiger partial charge in [-0.05, 0) is 43.2 Å². The van der Waals surface area contributed by atoms with Crippen LogP contribution in [0.4, 0.5) is 10.1 Å². The molecule has 1 N–H and O–H groups in total. The van der Waals surface area contributed by atoms with Gasteiger partial charge in [-0.15, -0.1) is 0 Å². The number of anilines is 1. The SMILES string of the molecule is CC(C)CC1CCCC(Nc2c(F)cccc2Cl)C1. The maximum Gasteiger partial charge on any atom is 0.147 e. The minimum absolute atomic E-state index is 0.251.